The Morgan fingerprint density at radius 3 is 2.83 bits per heavy atom. The number of nitrogens with zero attached hydrogens (tertiary/aromatic N) is 2. The minimum atomic E-state index is -0.286. The van der Waals surface area contributed by atoms with Crippen LogP contribution in [0.3, 0.4) is 0 Å². The Kier molecular flexibility index (Phi) is 4.05. The van der Waals surface area contributed by atoms with Gasteiger partial charge in [-0.15, -0.1) is 0 Å². The summed E-state index contributed by atoms with van der Waals surface area (Å²) < 4.78 is 5.60. The number of hydrogen-bond acceptors (Lipinski definition) is 4. The van der Waals surface area contributed by atoms with Crippen molar-refractivity contribution in [2.24, 2.45) is 5.73 Å². The Morgan fingerprint density at radius 1 is 1.44 bits per heavy atom. The van der Waals surface area contributed by atoms with Crippen LogP contribution >= 0.6 is 11.6 Å². The van der Waals surface area contributed by atoms with Gasteiger partial charge in [-0.25, -0.2) is 4.98 Å². The highest BCUT2D eigenvalue weighted by Gasteiger charge is 2.28. The summed E-state index contributed by atoms with van der Waals surface area (Å²) in [5.74, 6) is 0.297. The standard InChI is InChI=1S/C13H16ClN3O/c14-11-10(8-15)4-7-17-12(11)18-9-13(16)5-2-1-3-6-13/h4,7H,1-3,5-6,9,16H2. The van der Waals surface area contributed by atoms with E-state index in [1.165, 1.54) is 12.6 Å². The van der Waals surface area contributed by atoms with Gasteiger partial charge in [0.1, 0.15) is 17.7 Å². The lowest BCUT2D eigenvalue weighted by Gasteiger charge is -2.32. The van der Waals surface area contributed by atoms with Crippen molar-refractivity contribution in [3.8, 4) is 11.9 Å². The van der Waals surface area contributed by atoms with Gasteiger partial charge in [0, 0.05) is 6.20 Å². The van der Waals surface area contributed by atoms with Crippen LogP contribution in [-0.2, 0) is 0 Å². The topological polar surface area (TPSA) is 71.9 Å². The molecule has 2 rings (SSSR count). The monoisotopic (exact) mass is 265 g/mol. The quantitative estimate of drug-likeness (QED) is 0.912. The number of nitrogens with two attached hydrogens (primary N) is 1. The van der Waals surface area contributed by atoms with Crippen LogP contribution < -0.4 is 10.5 Å². The molecule has 1 aromatic heterocycles. The first-order valence-corrected chi connectivity index (χ1v) is 6.49. The summed E-state index contributed by atoms with van der Waals surface area (Å²) in [7, 11) is 0. The predicted octanol–water partition coefficient (Wildman–Crippen LogP) is 2.65. The lowest BCUT2D eigenvalue weighted by Crippen LogP contribution is -2.47. The lowest BCUT2D eigenvalue weighted by atomic mass is 9.83. The van der Waals surface area contributed by atoms with E-state index >= 15 is 0 Å². The van der Waals surface area contributed by atoms with Crippen LogP contribution in [-0.4, -0.2) is 17.1 Å². The molecule has 1 aliphatic carbocycles. The molecule has 1 fully saturated rings. The van der Waals surface area contributed by atoms with E-state index in [1.54, 1.807) is 6.07 Å². The molecule has 5 heteroatoms. The van der Waals surface area contributed by atoms with Crippen molar-refractivity contribution in [2.75, 3.05) is 6.61 Å². The fourth-order valence-corrected chi connectivity index (χ4v) is 2.43. The molecule has 0 saturated heterocycles. The molecular formula is C13H16ClN3O. The van der Waals surface area contributed by atoms with E-state index in [4.69, 9.17) is 27.3 Å². The summed E-state index contributed by atoms with van der Waals surface area (Å²) in [6.07, 6.45) is 6.95. The second-order valence-corrected chi connectivity index (χ2v) is 5.18. The highest BCUT2D eigenvalue weighted by atomic mass is 35.5. The molecule has 0 aliphatic heterocycles. The zero-order valence-electron chi connectivity index (χ0n) is 10.2. The van der Waals surface area contributed by atoms with Crippen molar-refractivity contribution in [1.29, 1.82) is 5.26 Å². The van der Waals surface area contributed by atoms with E-state index in [0.29, 0.717) is 18.1 Å². The molecule has 0 radical (unpaired) electrons. The summed E-state index contributed by atoms with van der Waals surface area (Å²) in [4.78, 5) is 4.04. The van der Waals surface area contributed by atoms with Gasteiger partial charge in [-0.2, -0.15) is 5.26 Å². The molecule has 0 unspecified atom stereocenters. The molecular weight excluding hydrogens is 250 g/mol. The Labute approximate surface area is 112 Å². The number of pyridine rings is 1. The highest BCUT2D eigenvalue weighted by molar-refractivity contribution is 6.32. The third kappa shape index (κ3) is 2.92. The van der Waals surface area contributed by atoms with Crippen LogP contribution in [0.4, 0.5) is 0 Å². The van der Waals surface area contributed by atoms with E-state index in [-0.39, 0.29) is 10.6 Å². The first kappa shape index (κ1) is 13.1. The van der Waals surface area contributed by atoms with E-state index < -0.39 is 0 Å². The summed E-state index contributed by atoms with van der Waals surface area (Å²) >= 11 is 6.02. The fourth-order valence-electron chi connectivity index (χ4n) is 2.22. The van der Waals surface area contributed by atoms with Crippen LogP contribution in [0, 0.1) is 11.3 Å². The van der Waals surface area contributed by atoms with Crippen LogP contribution in [0.25, 0.3) is 0 Å². The number of aromatic nitrogens is 1. The number of ether oxygens (including phenoxy) is 1. The number of nitriles is 1. The summed E-state index contributed by atoms with van der Waals surface area (Å²) in [6.45, 7) is 0.397. The minimum absolute atomic E-state index is 0.263. The summed E-state index contributed by atoms with van der Waals surface area (Å²) in [5, 5.41) is 9.13. The van der Waals surface area contributed by atoms with Crippen LogP contribution in [0.15, 0.2) is 12.3 Å². The largest absolute Gasteiger partial charge is 0.475 e. The SMILES string of the molecule is N#Cc1ccnc(OCC2(N)CCCCC2)c1Cl. The maximum Gasteiger partial charge on any atom is 0.233 e. The van der Waals surface area contributed by atoms with Crippen LogP contribution in [0.5, 0.6) is 5.88 Å². The molecule has 0 aromatic carbocycles. The maximum absolute atomic E-state index is 8.87. The number of halogens is 1. The van der Waals surface area contributed by atoms with Gasteiger partial charge >= 0.3 is 0 Å². The Balaban J connectivity index is 2.04. The van der Waals surface area contributed by atoms with Gasteiger partial charge < -0.3 is 10.5 Å². The van der Waals surface area contributed by atoms with Crippen LogP contribution in [0.2, 0.25) is 5.02 Å². The van der Waals surface area contributed by atoms with Crippen molar-refractivity contribution in [1.82, 2.24) is 4.98 Å². The van der Waals surface area contributed by atoms with Gasteiger partial charge in [0.15, 0.2) is 0 Å². The molecule has 96 valence electrons. The normalized spacial score (nSPS) is 18.1. The lowest BCUT2D eigenvalue weighted by molar-refractivity contribution is 0.169. The molecule has 0 amide bonds. The molecule has 1 aromatic rings. The van der Waals surface area contributed by atoms with Crippen molar-refractivity contribution in [3.05, 3.63) is 22.8 Å². The Bertz CT molecular complexity index is 464. The Hall–Kier alpha value is -1.31. The molecule has 1 heterocycles. The Morgan fingerprint density at radius 2 is 2.17 bits per heavy atom. The average molecular weight is 266 g/mol. The zero-order valence-corrected chi connectivity index (χ0v) is 10.9. The minimum Gasteiger partial charge on any atom is -0.475 e. The number of rotatable bonds is 3. The summed E-state index contributed by atoms with van der Waals surface area (Å²) in [6, 6.07) is 3.56. The van der Waals surface area contributed by atoms with E-state index in [9.17, 15) is 0 Å². The molecule has 18 heavy (non-hydrogen) atoms. The highest BCUT2D eigenvalue weighted by Crippen LogP contribution is 2.29. The molecule has 0 bridgehead atoms. The third-order valence-electron chi connectivity index (χ3n) is 3.32. The molecule has 4 nitrogen and oxygen atoms in total. The van der Waals surface area contributed by atoms with Crippen molar-refractivity contribution in [3.63, 3.8) is 0 Å². The number of hydrogen-bond donors (Lipinski definition) is 1. The van der Waals surface area contributed by atoms with Gasteiger partial charge in [0.05, 0.1) is 11.1 Å². The van der Waals surface area contributed by atoms with Gasteiger partial charge in [-0.1, -0.05) is 30.9 Å². The first-order valence-electron chi connectivity index (χ1n) is 6.11. The van der Waals surface area contributed by atoms with E-state index in [2.05, 4.69) is 4.98 Å². The molecule has 2 N–H and O–H groups in total. The van der Waals surface area contributed by atoms with Gasteiger partial charge in [0.25, 0.3) is 0 Å². The van der Waals surface area contributed by atoms with E-state index in [1.807, 2.05) is 6.07 Å². The fraction of sp³-hybridized carbons (Fsp3) is 0.538. The van der Waals surface area contributed by atoms with Gasteiger partial charge in [-0.3, -0.25) is 0 Å². The first-order chi connectivity index (χ1) is 8.64. The molecule has 1 saturated carbocycles. The maximum atomic E-state index is 8.87. The molecule has 0 spiro atoms. The van der Waals surface area contributed by atoms with Gasteiger partial charge in [-0.05, 0) is 18.9 Å². The second kappa shape index (κ2) is 5.55. The average Bonchev–Trinajstić information content (AvgIpc) is 2.38. The van der Waals surface area contributed by atoms with Crippen LogP contribution in [0.1, 0.15) is 37.7 Å². The molecule has 1 aliphatic rings. The van der Waals surface area contributed by atoms with Crippen molar-refractivity contribution >= 4 is 11.6 Å². The smallest absolute Gasteiger partial charge is 0.233 e. The third-order valence-corrected chi connectivity index (χ3v) is 3.69. The van der Waals surface area contributed by atoms with Crippen molar-refractivity contribution in [2.45, 2.75) is 37.6 Å². The molecule has 0 atom stereocenters. The van der Waals surface area contributed by atoms with Crippen molar-refractivity contribution < 1.29 is 4.74 Å². The van der Waals surface area contributed by atoms with E-state index in [0.717, 1.165) is 25.7 Å². The predicted molar refractivity (Wildman–Crippen MR) is 69.5 cm³/mol. The second-order valence-electron chi connectivity index (χ2n) is 4.80. The van der Waals surface area contributed by atoms with Gasteiger partial charge in [0.2, 0.25) is 5.88 Å². The zero-order chi connectivity index (χ0) is 13.0. The summed E-state index contributed by atoms with van der Waals surface area (Å²) in [5.41, 5.74) is 6.35.